The molecule has 0 bridgehead atoms. The van der Waals surface area contributed by atoms with E-state index in [-0.39, 0.29) is 11.8 Å². The van der Waals surface area contributed by atoms with Crippen molar-refractivity contribution in [1.82, 2.24) is 19.4 Å². The third kappa shape index (κ3) is 3.98. The summed E-state index contributed by atoms with van der Waals surface area (Å²) < 4.78 is 2.01. The fourth-order valence-electron chi connectivity index (χ4n) is 4.69. The molecule has 0 radical (unpaired) electrons. The number of fused-ring (bicyclic) bond motifs is 2. The zero-order valence-electron chi connectivity index (χ0n) is 19.6. The summed E-state index contributed by atoms with van der Waals surface area (Å²) >= 11 is 0. The van der Waals surface area contributed by atoms with Crippen LogP contribution in [-0.2, 0) is 19.4 Å². The van der Waals surface area contributed by atoms with Crippen LogP contribution in [0.15, 0.2) is 60.8 Å². The van der Waals surface area contributed by atoms with Gasteiger partial charge < -0.3 is 14.5 Å². The van der Waals surface area contributed by atoms with Crippen LogP contribution in [0.1, 0.15) is 45.1 Å². The molecule has 0 atom stereocenters. The highest BCUT2D eigenvalue weighted by atomic mass is 16.2. The van der Waals surface area contributed by atoms with Crippen LogP contribution in [0, 0.1) is 0 Å². The molecule has 0 unspecified atom stereocenters. The second-order valence-electron chi connectivity index (χ2n) is 8.88. The van der Waals surface area contributed by atoms with E-state index in [2.05, 4.69) is 17.1 Å². The van der Waals surface area contributed by atoms with E-state index in [4.69, 9.17) is 4.98 Å². The molecule has 1 aliphatic heterocycles. The van der Waals surface area contributed by atoms with Crippen LogP contribution < -0.4 is 4.90 Å². The molecule has 0 fully saturated rings. The van der Waals surface area contributed by atoms with Crippen molar-refractivity contribution >= 4 is 28.5 Å². The average molecular weight is 456 g/mol. The maximum absolute atomic E-state index is 13.7. The molecular formula is C27H29N5O2. The largest absolute Gasteiger partial charge is 0.361 e. The van der Waals surface area contributed by atoms with Gasteiger partial charge in [0.1, 0.15) is 5.82 Å². The normalized spacial score (nSPS) is 13.0. The van der Waals surface area contributed by atoms with Crippen molar-refractivity contribution in [2.24, 2.45) is 0 Å². The summed E-state index contributed by atoms with van der Waals surface area (Å²) in [5.41, 5.74) is 3.35. The van der Waals surface area contributed by atoms with E-state index in [1.165, 1.54) is 15.8 Å². The van der Waals surface area contributed by atoms with E-state index < -0.39 is 0 Å². The number of carbonyl (C=O) groups excluding carboxylic acids is 2. The van der Waals surface area contributed by atoms with Gasteiger partial charge in [-0.1, -0.05) is 36.4 Å². The van der Waals surface area contributed by atoms with Gasteiger partial charge in [0.15, 0.2) is 11.5 Å². The molecule has 174 valence electrons. The second kappa shape index (κ2) is 9.17. The van der Waals surface area contributed by atoms with Crippen LogP contribution in [0.25, 0.3) is 10.9 Å². The molecule has 7 heteroatoms. The van der Waals surface area contributed by atoms with Crippen molar-refractivity contribution in [3.8, 4) is 0 Å². The van der Waals surface area contributed by atoms with E-state index in [1.807, 2.05) is 48.1 Å². The van der Waals surface area contributed by atoms with Crippen molar-refractivity contribution in [2.75, 3.05) is 25.5 Å². The van der Waals surface area contributed by atoms with Gasteiger partial charge in [0.05, 0.1) is 0 Å². The molecule has 4 aromatic rings. The summed E-state index contributed by atoms with van der Waals surface area (Å²) in [6.07, 6.45) is 5.60. The highest BCUT2D eigenvalue weighted by Gasteiger charge is 2.31. The van der Waals surface area contributed by atoms with Gasteiger partial charge in [-0.05, 0) is 43.0 Å². The van der Waals surface area contributed by atoms with Gasteiger partial charge in [0, 0.05) is 56.3 Å². The van der Waals surface area contributed by atoms with Crippen LogP contribution in [0.2, 0.25) is 0 Å². The van der Waals surface area contributed by atoms with Crippen LogP contribution >= 0.6 is 0 Å². The van der Waals surface area contributed by atoms with E-state index in [9.17, 15) is 9.59 Å². The van der Waals surface area contributed by atoms with Crippen molar-refractivity contribution in [1.29, 1.82) is 0 Å². The molecule has 34 heavy (non-hydrogen) atoms. The summed E-state index contributed by atoms with van der Waals surface area (Å²) in [5, 5.41) is 1.18. The Morgan fingerprint density at radius 3 is 2.59 bits per heavy atom. The Bertz CT molecular complexity index is 1340. The second-order valence-corrected chi connectivity index (χ2v) is 8.88. The fourth-order valence-corrected chi connectivity index (χ4v) is 4.69. The summed E-state index contributed by atoms with van der Waals surface area (Å²) in [5.74, 6) is 1.03. The molecule has 5 rings (SSSR count). The van der Waals surface area contributed by atoms with Crippen LogP contribution in [0.4, 0.5) is 5.82 Å². The first kappa shape index (κ1) is 21.9. The minimum atomic E-state index is -0.174. The van der Waals surface area contributed by atoms with E-state index in [0.717, 1.165) is 43.6 Å². The number of H-pyrrole nitrogens is 1. The number of benzene rings is 2. The van der Waals surface area contributed by atoms with Crippen molar-refractivity contribution in [3.05, 3.63) is 83.4 Å². The molecule has 2 amide bonds. The summed E-state index contributed by atoms with van der Waals surface area (Å²) in [6.45, 7) is 1.31. The highest BCUT2D eigenvalue weighted by molar-refractivity contribution is 6.09. The first-order chi connectivity index (χ1) is 16.5. The number of likely N-dealkylation sites (N-methyl/N-ethyl adjacent to an activating group) is 1. The molecule has 1 N–H and O–H groups in total. The SMILES string of the molecule is CN(CCc1c[nH]c2ccccc12)C(=O)c1c(N(C)C(=O)c2ccccc2)nc2n1CCCC2. The Morgan fingerprint density at radius 2 is 1.76 bits per heavy atom. The Hall–Kier alpha value is -3.87. The summed E-state index contributed by atoms with van der Waals surface area (Å²) in [7, 11) is 3.52. The van der Waals surface area contributed by atoms with Crippen molar-refractivity contribution in [3.63, 3.8) is 0 Å². The average Bonchev–Trinajstić information content (AvgIpc) is 3.48. The van der Waals surface area contributed by atoms with Crippen molar-refractivity contribution < 1.29 is 9.59 Å². The highest BCUT2D eigenvalue weighted by Crippen LogP contribution is 2.28. The smallest absolute Gasteiger partial charge is 0.274 e. The molecule has 0 saturated heterocycles. The van der Waals surface area contributed by atoms with Crippen LogP contribution in [0.5, 0.6) is 0 Å². The van der Waals surface area contributed by atoms with Gasteiger partial charge in [-0.15, -0.1) is 0 Å². The number of nitrogens with one attached hydrogen (secondary N) is 1. The van der Waals surface area contributed by atoms with Gasteiger partial charge >= 0.3 is 0 Å². The van der Waals surface area contributed by atoms with E-state index >= 15 is 0 Å². The number of aromatic amines is 1. The number of hydrogen-bond acceptors (Lipinski definition) is 3. The molecule has 0 aliphatic carbocycles. The topological polar surface area (TPSA) is 74.2 Å². The Kier molecular flexibility index (Phi) is 5.92. The number of rotatable bonds is 6. The fraction of sp³-hybridized carbons (Fsp3) is 0.296. The molecule has 1 aliphatic rings. The molecule has 7 nitrogen and oxygen atoms in total. The van der Waals surface area contributed by atoms with Gasteiger partial charge in [-0.25, -0.2) is 4.98 Å². The number of anilines is 1. The standard InChI is InChI=1S/C27H29N5O2/c1-30(17-15-20-18-28-22-13-7-6-12-21(20)22)27(34)24-25(29-23-14-8-9-16-32(23)24)31(2)26(33)19-10-4-3-5-11-19/h3-7,10-13,18,28H,8-9,14-17H2,1-2H3. The molecule has 3 heterocycles. The zero-order chi connectivity index (χ0) is 23.7. The van der Waals surface area contributed by atoms with E-state index in [0.29, 0.717) is 23.6 Å². The summed E-state index contributed by atoms with van der Waals surface area (Å²) in [6, 6.07) is 17.3. The predicted octanol–water partition coefficient (Wildman–Crippen LogP) is 4.29. The number of amides is 2. The Balaban J connectivity index is 1.42. The number of para-hydroxylation sites is 1. The third-order valence-corrected chi connectivity index (χ3v) is 6.64. The molecule has 2 aromatic heterocycles. The number of nitrogens with zero attached hydrogens (tertiary/aromatic N) is 4. The lowest BCUT2D eigenvalue weighted by molar-refractivity contribution is 0.0785. The maximum Gasteiger partial charge on any atom is 0.274 e. The summed E-state index contributed by atoms with van der Waals surface area (Å²) in [4.78, 5) is 38.2. The lowest BCUT2D eigenvalue weighted by Crippen LogP contribution is -2.34. The van der Waals surface area contributed by atoms with Crippen LogP contribution in [-0.4, -0.2) is 51.9 Å². The number of aromatic nitrogens is 3. The number of aryl methyl sites for hydroxylation is 1. The number of imidazole rings is 1. The molecule has 0 saturated carbocycles. The minimum absolute atomic E-state index is 0.108. The third-order valence-electron chi connectivity index (χ3n) is 6.64. The molecule has 0 spiro atoms. The Morgan fingerprint density at radius 1 is 1.00 bits per heavy atom. The lowest BCUT2D eigenvalue weighted by atomic mass is 10.1. The molecular weight excluding hydrogens is 426 g/mol. The van der Waals surface area contributed by atoms with Gasteiger partial charge in [-0.3, -0.25) is 14.5 Å². The number of carbonyl (C=O) groups is 2. The quantitative estimate of drug-likeness (QED) is 0.471. The zero-order valence-corrected chi connectivity index (χ0v) is 19.6. The first-order valence-corrected chi connectivity index (χ1v) is 11.8. The van der Waals surface area contributed by atoms with E-state index in [1.54, 1.807) is 24.1 Å². The van der Waals surface area contributed by atoms with Gasteiger partial charge in [0.25, 0.3) is 11.8 Å². The monoisotopic (exact) mass is 455 g/mol. The van der Waals surface area contributed by atoms with Gasteiger partial charge in [-0.2, -0.15) is 0 Å². The maximum atomic E-state index is 13.7. The predicted molar refractivity (Wildman–Crippen MR) is 133 cm³/mol. The number of hydrogen-bond donors (Lipinski definition) is 1. The minimum Gasteiger partial charge on any atom is -0.361 e. The van der Waals surface area contributed by atoms with Gasteiger partial charge in [0.2, 0.25) is 0 Å². The Labute approximate surface area is 199 Å². The van der Waals surface area contributed by atoms with Crippen molar-refractivity contribution in [2.45, 2.75) is 32.2 Å². The first-order valence-electron chi connectivity index (χ1n) is 11.8. The molecule has 2 aromatic carbocycles. The van der Waals surface area contributed by atoms with Crippen LogP contribution in [0.3, 0.4) is 0 Å². The lowest BCUT2D eigenvalue weighted by Gasteiger charge is -2.23.